The predicted molar refractivity (Wildman–Crippen MR) is 111 cm³/mol. The number of hydrogen-bond acceptors (Lipinski definition) is 10. The van der Waals surface area contributed by atoms with Crippen LogP contribution in [0, 0.1) is 6.92 Å². The molecule has 2 aromatic rings. The first-order valence-corrected chi connectivity index (χ1v) is 10.5. The van der Waals surface area contributed by atoms with Crippen LogP contribution in [0.25, 0.3) is 11.0 Å². The Morgan fingerprint density at radius 1 is 0.968 bits per heavy atom. The minimum absolute atomic E-state index is 0.172. The highest BCUT2D eigenvalue weighted by molar-refractivity contribution is 7.99. The Balaban J connectivity index is 1.92. The number of thioether (sulfide) groups is 1. The lowest BCUT2D eigenvalue weighted by Gasteiger charge is -2.39. The van der Waals surface area contributed by atoms with Gasteiger partial charge in [-0.05, 0) is 19.1 Å². The molecule has 0 spiro atoms. The first-order chi connectivity index (χ1) is 14.6. The van der Waals surface area contributed by atoms with Crippen LogP contribution in [0.5, 0.6) is 5.75 Å². The number of carbonyl (C=O) groups excluding carboxylic acids is 3. The van der Waals surface area contributed by atoms with Gasteiger partial charge in [-0.2, -0.15) is 0 Å². The van der Waals surface area contributed by atoms with Crippen molar-refractivity contribution in [2.75, 3.05) is 5.75 Å². The molecule has 0 bridgehead atoms. The van der Waals surface area contributed by atoms with Gasteiger partial charge in [0.15, 0.2) is 29.2 Å². The van der Waals surface area contributed by atoms with Crippen molar-refractivity contribution in [3.05, 3.63) is 40.2 Å². The van der Waals surface area contributed by atoms with Gasteiger partial charge < -0.3 is 23.4 Å². The molecule has 166 valence electrons. The Kier molecular flexibility index (Phi) is 6.89. The molecule has 0 saturated carbocycles. The lowest BCUT2D eigenvalue weighted by atomic mass is 10.1. The minimum atomic E-state index is -1.04. The Labute approximate surface area is 182 Å². The highest BCUT2D eigenvalue weighted by Crippen LogP contribution is 2.34. The van der Waals surface area contributed by atoms with E-state index in [0.717, 1.165) is 0 Å². The molecule has 9 nitrogen and oxygen atoms in total. The first-order valence-electron chi connectivity index (χ1n) is 9.48. The van der Waals surface area contributed by atoms with Crippen LogP contribution in [0.2, 0.25) is 0 Å². The maximum absolute atomic E-state index is 12.1. The minimum Gasteiger partial charge on any atom is -0.476 e. The van der Waals surface area contributed by atoms with Crippen molar-refractivity contribution < 1.29 is 37.7 Å². The van der Waals surface area contributed by atoms with Gasteiger partial charge in [-0.15, -0.1) is 11.8 Å². The largest absolute Gasteiger partial charge is 0.476 e. The molecule has 1 saturated heterocycles. The second kappa shape index (κ2) is 9.42. The molecule has 10 heteroatoms. The number of ether oxygens (including phenoxy) is 4. The van der Waals surface area contributed by atoms with Gasteiger partial charge in [0.2, 0.25) is 0 Å². The van der Waals surface area contributed by atoms with E-state index in [9.17, 15) is 19.2 Å². The fourth-order valence-electron chi connectivity index (χ4n) is 3.27. The van der Waals surface area contributed by atoms with E-state index in [4.69, 9.17) is 23.4 Å². The van der Waals surface area contributed by atoms with E-state index in [1.165, 1.54) is 38.6 Å². The van der Waals surface area contributed by atoms with Crippen LogP contribution >= 0.6 is 11.8 Å². The predicted octanol–water partition coefficient (Wildman–Crippen LogP) is 2.35. The number of aryl methyl sites for hydroxylation is 1. The molecule has 0 N–H and O–H groups in total. The molecule has 4 atom stereocenters. The van der Waals surface area contributed by atoms with Crippen LogP contribution in [0.15, 0.2) is 33.5 Å². The van der Waals surface area contributed by atoms with Crippen molar-refractivity contribution in [1.29, 1.82) is 0 Å². The van der Waals surface area contributed by atoms with Crippen LogP contribution < -0.4 is 10.2 Å². The highest BCUT2D eigenvalue weighted by atomic mass is 32.2. The quantitative estimate of drug-likeness (QED) is 0.496. The van der Waals surface area contributed by atoms with Crippen molar-refractivity contribution >= 4 is 40.6 Å². The zero-order valence-corrected chi connectivity index (χ0v) is 18.2. The van der Waals surface area contributed by atoms with Crippen molar-refractivity contribution in [2.24, 2.45) is 0 Å². The summed E-state index contributed by atoms with van der Waals surface area (Å²) in [6, 6.07) is 6.14. The van der Waals surface area contributed by atoms with E-state index in [-0.39, 0.29) is 11.2 Å². The zero-order valence-electron chi connectivity index (χ0n) is 17.4. The van der Waals surface area contributed by atoms with Gasteiger partial charge in [-0.1, -0.05) is 0 Å². The maximum atomic E-state index is 12.1. The van der Waals surface area contributed by atoms with Gasteiger partial charge >= 0.3 is 17.9 Å². The average Bonchev–Trinajstić information content (AvgIpc) is 2.64. The number of carbonyl (C=O) groups is 3. The molecule has 3 rings (SSSR count). The average molecular weight is 450 g/mol. The second-order valence-electron chi connectivity index (χ2n) is 6.99. The van der Waals surface area contributed by atoms with Crippen LogP contribution in [0.1, 0.15) is 26.5 Å². The summed E-state index contributed by atoms with van der Waals surface area (Å²) in [5, 5.41) is 0.401. The Bertz CT molecular complexity index is 1060. The monoisotopic (exact) mass is 450 g/mol. The van der Waals surface area contributed by atoms with E-state index in [2.05, 4.69) is 0 Å². The SMILES string of the molecule is CC(=O)O[C@@H]1[C@@H](OC(C)=O)[C@H](OC(C)=O)CS[C@H]1Oc1ccc2c(=O)cc(C)oc2c1. The molecule has 1 aliphatic heterocycles. The van der Waals surface area contributed by atoms with E-state index in [1.807, 2.05) is 0 Å². The van der Waals surface area contributed by atoms with E-state index >= 15 is 0 Å². The summed E-state index contributed by atoms with van der Waals surface area (Å²) in [5.74, 6) is -0.708. The Morgan fingerprint density at radius 3 is 2.26 bits per heavy atom. The number of rotatable bonds is 5. The van der Waals surface area contributed by atoms with Gasteiger partial charge in [-0.25, -0.2) is 0 Å². The molecule has 0 radical (unpaired) electrons. The Hall–Kier alpha value is -3.01. The Morgan fingerprint density at radius 2 is 1.61 bits per heavy atom. The van der Waals surface area contributed by atoms with E-state index in [0.29, 0.717) is 22.5 Å². The zero-order chi connectivity index (χ0) is 22.7. The standard InChI is InChI=1S/C21H22O9S/c1-10-7-16(25)15-6-5-14(8-17(15)26-10)30-21-20(29-13(4)24)19(28-12(3)23)18(9-31-21)27-11(2)22/h5-8,18-21H,9H2,1-4H3/t18-,19+,20-,21-/m1/s1. The van der Waals surface area contributed by atoms with Crippen molar-refractivity contribution in [3.8, 4) is 5.75 Å². The van der Waals surface area contributed by atoms with Gasteiger partial charge in [-0.3, -0.25) is 19.2 Å². The van der Waals surface area contributed by atoms with Gasteiger partial charge in [0.1, 0.15) is 17.1 Å². The van der Waals surface area contributed by atoms with Gasteiger partial charge in [0, 0.05) is 38.7 Å². The van der Waals surface area contributed by atoms with Crippen LogP contribution in [0.4, 0.5) is 0 Å². The number of benzene rings is 1. The van der Waals surface area contributed by atoms with E-state index in [1.54, 1.807) is 25.1 Å². The number of esters is 3. The maximum Gasteiger partial charge on any atom is 0.303 e. The summed E-state index contributed by atoms with van der Waals surface area (Å²) in [4.78, 5) is 47.0. The second-order valence-corrected chi connectivity index (χ2v) is 8.13. The third-order valence-electron chi connectivity index (χ3n) is 4.38. The molecule has 0 amide bonds. The van der Waals surface area contributed by atoms with Crippen LogP contribution in [-0.2, 0) is 28.6 Å². The third-order valence-corrected chi connectivity index (χ3v) is 5.59. The molecular weight excluding hydrogens is 428 g/mol. The molecule has 0 aliphatic carbocycles. The third kappa shape index (κ3) is 5.57. The summed E-state index contributed by atoms with van der Waals surface area (Å²) >= 11 is 1.24. The normalized spacial score (nSPS) is 23.1. The molecule has 2 heterocycles. The molecule has 31 heavy (non-hydrogen) atoms. The lowest BCUT2D eigenvalue weighted by Crippen LogP contribution is -2.55. The lowest BCUT2D eigenvalue weighted by molar-refractivity contribution is -0.186. The van der Waals surface area contributed by atoms with Gasteiger partial charge in [0.05, 0.1) is 5.39 Å². The highest BCUT2D eigenvalue weighted by Gasteiger charge is 2.47. The molecule has 1 aromatic heterocycles. The molecule has 1 aromatic carbocycles. The fraction of sp³-hybridized carbons (Fsp3) is 0.429. The first kappa shape index (κ1) is 22.7. The van der Waals surface area contributed by atoms with E-state index < -0.39 is 41.7 Å². The summed E-state index contributed by atoms with van der Waals surface area (Å²) in [7, 11) is 0. The summed E-state index contributed by atoms with van der Waals surface area (Å²) < 4.78 is 27.6. The molecular formula is C21H22O9S. The van der Waals surface area contributed by atoms with Crippen LogP contribution in [-0.4, -0.2) is 47.4 Å². The topological polar surface area (TPSA) is 118 Å². The summed E-state index contributed by atoms with van der Waals surface area (Å²) in [6.07, 6.45) is -2.89. The molecule has 0 unspecified atom stereocenters. The van der Waals surface area contributed by atoms with Gasteiger partial charge in [0.25, 0.3) is 0 Å². The molecule has 1 fully saturated rings. The van der Waals surface area contributed by atoms with Crippen LogP contribution in [0.3, 0.4) is 0 Å². The molecule has 1 aliphatic rings. The number of hydrogen-bond donors (Lipinski definition) is 0. The van der Waals surface area contributed by atoms with Crippen molar-refractivity contribution in [2.45, 2.75) is 51.4 Å². The van der Waals surface area contributed by atoms with Crippen molar-refractivity contribution in [3.63, 3.8) is 0 Å². The summed E-state index contributed by atoms with van der Waals surface area (Å²) in [6.45, 7) is 5.33. The number of fused-ring (bicyclic) bond motifs is 1. The fourth-order valence-corrected chi connectivity index (χ4v) is 4.49. The van der Waals surface area contributed by atoms with Crippen molar-refractivity contribution in [1.82, 2.24) is 0 Å². The smallest absolute Gasteiger partial charge is 0.303 e. The summed E-state index contributed by atoms with van der Waals surface area (Å²) in [5.41, 5.74) is -0.593.